The summed E-state index contributed by atoms with van der Waals surface area (Å²) >= 11 is 0. The van der Waals surface area contributed by atoms with Gasteiger partial charge in [0.05, 0.1) is 13.2 Å². The van der Waals surface area contributed by atoms with Crippen LogP contribution < -0.4 is 15.7 Å². The number of benzene rings is 1. The minimum atomic E-state index is -0.320. The lowest BCUT2D eigenvalue weighted by atomic mass is 10.0. The van der Waals surface area contributed by atoms with Crippen molar-refractivity contribution in [3.63, 3.8) is 0 Å². The number of pyridine rings is 1. The van der Waals surface area contributed by atoms with Gasteiger partial charge in [-0.05, 0) is 55.8 Å². The first-order chi connectivity index (χ1) is 14.2. The number of carbonyl (C=O) groups excluding carboxylic acids is 1. The van der Waals surface area contributed by atoms with E-state index >= 15 is 0 Å². The van der Waals surface area contributed by atoms with E-state index < -0.39 is 0 Å². The van der Waals surface area contributed by atoms with Crippen LogP contribution in [-0.4, -0.2) is 51.7 Å². The second-order valence-corrected chi connectivity index (χ2v) is 7.21. The number of likely N-dealkylation sites (tertiary alicyclic amines) is 1. The number of hydrogen-bond donors (Lipinski definition) is 1. The second kappa shape index (κ2) is 8.48. The largest absolute Gasteiger partial charge is 0.497 e. The van der Waals surface area contributed by atoms with E-state index in [1.54, 1.807) is 31.5 Å². The van der Waals surface area contributed by atoms with E-state index in [0.29, 0.717) is 12.2 Å². The van der Waals surface area contributed by atoms with E-state index in [1.807, 2.05) is 18.2 Å². The first-order valence-electron chi connectivity index (χ1n) is 9.84. The van der Waals surface area contributed by atoms with Gasteiger partial charge in [-0.1, -0.05) is 18.2 Å². The van der Waals surface area contributed by atoms with Crippen LogP contribution in [0.25, 0.3) is 5.65 Å². The van der Waals surface area contributed by atoms with Crippen LogP contribution in [0.5, 0.6) is 5.75 Å². The summed E-state index contributed by atoms with van der Waals surface area (Å²) in [4.78, 5) is 27.3. The molecule has 1 atom stereocenters. The molecule has 1 fully saturated rings. The fourth-order valence-corrected chi connectivity index (χ4v) is 3.83. The molecule has 1 saturated heterocycles. The van der Waals surface area contributed by atoms with Crippen LogP contribution in [0.4, 0.5) is 0 Å². The van der Waals surface area contributed by atoms with Gasteiger partial charge in [0, 0.05) is 12.7 Å². The number of rotatable bonds is 7. The molecule has 1 aromatic carbocycles. The standard InChI is InChI=1S/C21H25N5O3/c1-29-17-8-6-7-16(13-17)18(24-10-4-5-11-24)14-22-20(27)15-26-21(28)25-12-3-2-9-19(25)23-26/h2-3,6-9,12-13,18H,4-5,10-11,14-15H2,1H3,(H,22,27). The molecule has 0 bridgehead atoms. The monoisotopic (exact) mass is 395 g/mol. The van der Waals surface area contributed by atoms with Crippen molar-refractivity contribution in [2.75, 3.05) is 26.7 Å². The summed E-state index contributed by atoms with van der Waals surface area (Å²) < 4.78 is 7.98. The summed E-state index contributed by atoms with van der Waals surface area (Å²) in [5, 5.41) is 7.20. The summed E-state index contributed by atoms with van der Waals surface area (Å²) in [6.45, 7) is 2.37. The van der Waals surface area contributed by atoms with Crippen molar-refractivity contribution in [2.45, 2.75) is 25.4 Å². The van der Waals surface area contributed by atoms with Gasteiger partial charge in [0.15, 0.2) is 5.65 Å². The van der Waals surface area contributed by atoms with Crippen LogP contribution in [0.15, 0.2) is 53.5 Å². The maximum Gasteiger partial charge on any atom is 0.350 e. The van der Waals surface area contributed by atoms with Gasteiger partial charge in [-0.2, -0.15) is 0 Å². The zero-order valence-electron chi connectivity index (χ0n) is 16.5. The van der Waals surface area contributed by atoms with Crippen LogP contribution in [0.1, 0.15) is 24.4 Å². The van der Waals surface area contributed by atoms with E-state index in [9.17, 15) is 9.59 Å². The fraction of sp³-hybridized carbons (Fsp3) is 0.381. The predicted molar refractivity (Wildman–Crippen MR) is 109 cm³/mol. The number of hydrogen-bond acceptors (Lipinski definition) is 5. The Morgan fingerprint density at radius 3 is 2.79 bits per heavy atom. The summed E-state index contributed by atoms with van der Waals surface area (Å²) in [7, 11) is 1.65. The van der Waals surface area contributed by atoms with E-state index in [-0.39, 0.29) is 24.2 Å². The van der Waals surface area contributed by atoms with Crippen LogP contribution in [0.2, 0.25) is 0 Å². The molecule has 8 nitrogen and oxygen atoms in total. The van der Waals surface area contributed by atoms with Gasteiger partial charge in [0.1, 0.15) is 12.3 Å². The maximum atomic E-state index is 12.6. The van der Waals surface area contributed by atoms with Gasteiger partial charge in [-0.25, -0.2) is 9.48 Å². The Bertz CT molecular complexity index is 1050. The number of fused-ring (bicyclic) bond motifs is 1. The number of amides is 1. The molecule has 2 aromatic heterocycles. The Morgan fingerprint density at radius 1 is 1.21 bits per heavy atom. The summed E-state index contributed by atoms with van der Waals surface area (Å²) in [6.07, 6.45) is 3.96. The number of nitrogens with zero attached hydrogens (tertiary/aromatic N) is 4. The average Bonchev–Trinajstić information content (AvgIpc) is 3.38. The molecular formula is C21H25N5O3. The smallest absolute Gasteiger partial charge is 0.350 e. The molecule has 152 valence electrons. The van der Waals surface area contributed by atoms with E-state index in [4.69, 9.17) is 4.74 Å². The quantitative estimate of drug-likeness (QED) is 0.655. The zero-order valence-corrected chi connectivity index (χ0v) is 16.5. The number of aromatic nitrogens is 3. The van der Waals surface area contributed by atoms with Gasteiger partial charge in [-0.15, -0.1) is 5.10 Å². The molecule has 4 rings (SSSR count). The van der Waals surface area contributed by atoms with Crippen molar-refractivity contribution in [3.8, 4) is 5.75 Å². The minimum absolute atomic E-state index is 0.0642. The first-order valence-corrected chi connectivity index (χ1v) is 9.84. The zero-order chi connectivity index (χ0) is 20.2. The molecule has 1 aliphatic rings. The molecule has 0 aliphatic carbocycles. The summed E-state index contributed by atoms with van der Waals surface area (Å²) in [6, 6.07) is 13.3. The Balaban J connectivity index is 1.47. The van der Waals surface area contributed by atoms with Crippen molar-refractivity contribution in [1.29, 1.82) is 0 Å². The SMILES string of the molecule is COc1cccc(C(CNC(=O)Cn2nc3ccccn3c2=O)N2CCCC2)c1. The normalized spacial score (nSPS) is 15.5. The van der Waals surface area contributed by atoms with Crippen LogP contribution in [0, 0.1) is 0 Å². The Hall–Kier alpha value is -3.13. The average molecular weight is 395 g/mol. The third-order valence-electron chi connectivity index (χ3n) is 5.33. The highest BCUT2D eigenvalue weighted by Crippen LogP contribution is 2.27. The fourth-order valence-electron chi connectivity index (χ4n) is 3.83. The highest BCUT2D eigenvalue weighted by Gasteiger charge is 2.24. The molecule has 3 heterocycles. The third kappa shape index (κ3) is 4.17. The molecule has 1 N–H and O–H groups in total. The van der Waals surface area contributed by atoms with Crippen LogP contribution in [-0.2, 0) is 11.3 Å². The third-order valence-corrected chi connectivity index (χ3v) is 5.33. The van der Waals surface area contributed by atoms with Crippen molar-refractivity contribution in [2.24, 2.45) is 0 Å². The van der Waals surface area contributed by atoms with Gasteiger partial charge in [0.2, 0.25) is 5.91 Å². The Kier molecular flexibility index (Phi) is 5.62. The lowest BCUT2D eigenvalue weighted by Crippen LogP contribution is -2.39. The molecule has 1 amide bonds. The second-order valence-electron chi connectivity index (χ2n) is 7.21. The number of methoxy groups -OCH3 is 1. The Morgan fingerprint density at radius 2 is 2.03 bits per heavy atom. The molecule has 1 unspecified atom stereocenters. The van der Waals surface area contributed by atoms with Crippen LogP contribution in [0.3, 0.4) is 0 Å². The molecule has 0 spiro atoms. The van der Waals surface area contributed by atoms with E-state index in [2.05, 4.69) is 21.4 Å². The van der Waals surface area contributed by atoms with Gasteiger partial charge in [-0.3, -0.25) is 14.1 Å². The van der Waals surface area contributed by atoms with Gasteiger partial charge in [0.25, 0.3) is 0 Å². The minimum Gasteiger partial charge on any atom is -0.497 e. The van der Waals surface area contributed by atoms with Crippen molar-refractivity contribution < 1.29 is 9.53 Å². The molecule has 8 heteroatoms. The van der Waals surface area contributed by atoms with Crippen molar-refractivity contribution in [3.05, 3.63) is 64.7 Å². The lowest BCUT2D eigenvalue weighted by molar-refractivity contribution is -0.122. The molecule has 3 aromatic rings. The lowest BCUT2D eigenvalue weighted by Gasteiger charge is -2.28. The maximum absolute atomic E-state index is 12.6. The molecule has 0 radical (unpaired) electrons. The molecule has 0 saturated carbocycles. The molecular weight excluding hydrogens is 370 g/mol. The molecule has 29 heavy (non-hydrogen) atoms. The highest BCUT2D eigenvalue weighted by atomic mass is 16.5. The number of ether oxygens (including phenoxy) is 1. The van der Waals surface area contributed by atoms with Gasteiger partial charge >= 0.3 is 5.69 Å². The Labute approximate surface area is 168 Å². The van der Waals surface area contributed by atoms with Crippen LogP contribution >= 0.6 is 0 Å². The predicted octanol–water partition coefficient (Wildman–Crippen LogP) is 1.46. The number of nitrogens with one attached hydrogen (secondary N) is 1. The molecule has 1 aliphatic heterocycles. The summed E-state index contributed by atoms with van der Waals surface area (Å²) in [5.74, 6) is 0.567. The summed E-state index contributed by atoms with van der Waals surface area (Å²) in [5.41, 5.74) is 1.31. The highest BCUT2D eigenvalue weighted by molar-refractivity contribution is 5.75. The first kappa shape index (κ1) is 19.2. The van der Waals surface area contributed by atoms with Crippen molar-refractivity contribution >= 4 is 11.6 Å². The van der Waals surface area contributed by atoms with E-state index in [0.717, 1.165) is 37.2 Å². The van der Waals surface area contributed by atoms with Gasteiger partial charge < -0.3 is 10.1 Å². The topological polar surface area (TPSA) is 80.9 Å². The van der Waals surface area contributed by atoms with E-state index in [1.165, 1.54) is 9.08 Å². The van der Waals surface area contributed by atoms with Crippen molar-refractivity contribution in [1.82, 2.24) is 24.4 Å². The number of carbonyl (C=O) groups is 1.